The topological polar surface area (TPSA) is 75.5 Å². The number of hydrogen-bond acceptors (Lipinski definition) is 5. The van der Waals surface area contributed by atoms with Gasteiger partial charge in [-0.25, -0.2) is 19.9 Å². The molecule has 7 nitrogen and oxygen atoms in total. The number of imidazole rings is 2. The van der Waals surface area contributed by atoms with Crippen LogP contribution in [-0.2, 0) is 20.0 Å². The number of anilines is 1. The van der Waals surface area contributed by atoms with Gasteiger partial charge in [0.2, 0.25) is 0 Å². The summed E-state index contributed by atoms with van der Waals surface area (Å²) in [7, 11) is 2.12. The van der Waals surface area contributed by atoms with E-state index in [1.54, 1.807) is 12.7 Å². The van der Waals surface area contributed by atoms with Gasteiger partial charge in [0.1, 0.15) is 17.7 Å². The van der Waals surface area contributed by atoms with Crippen molar-refractivity contribution in [3.05, 3.63) is 29.9 Å². The summed E-state index contributed by atoms with van der Waals surface area (Å²) in [6, 6.07) is 0. The van der Waals surface area contributed by atoms with Crippen LogP contribution in [0.3, 0.4) is 0 Å². The van der Waals surface area contributed by atoms with E-state index in [0.717, 1.165) is 42.4 Å². The number of fused-ring (bicyclic) bond motifs is 2. The molecule has 0 saturated carbocycles. The van der Waals surface area contributed by atoms with E-state index in [0.29, 0.717) is 11.6 Å². The Labute approximate surface area is 128 Å². The van der Waals surface area contributed by atoms with Gasteiger partial charge in [-0.1, -0.05) is 13.8 Å². The summed E-state index contributed by atoms with van der Waals surface area (Å²) in [5, 5.41) is 0. The first-order chi connectivity index (χ1) is 10.6. The lowest BCUT2D eigenvalue weighted by atomic mass is 10.1. The number of H-pyrrole nitrogens is 1. The van der Waals surface area contributed by atoms with Crippen molar-refractivity contribution in [3.8, 4) is 0 Å². The summed E-state index contributed by atoms with van der Waals surface area (Å²) in [5.41, 5.74) is 4.10. The molecule has 1 aliphatic rings. The third-order valence-corrected chi connectivity index (χ3v) is 4.31. The molecule has 0 radical (unpaired) electrons. The largest absolute Gasteiger partial charge is 0.348 e. The minimum Gasteiger partial charge on any atom is -0.348 e. The zero-order valence-corrected chi connectivity index (χ0v) is 13.0. The molecular weight excluding hydrogens is 278 g/mol. The Hall–Kier alpha value is -2.44. The number of hydrogen-bond donors (Lipinski definition) is 1. The monoisotopic (exact) mass is 297 g/mol. The first kappa shape index (κ1) is 13.2. The van der Waals surface area contributed by atoms with Crippen LogP contribution in [0, 0.1) is 0 Å². The number of nitrogens with zero attached hydrogens (tertiary/aromatic N) is 6. The van der Waals surface area contributed by atoms with E-state index in [2.05, 4.69) is 50.3 Å². The maximum atomic E-state index is 4.85. The lowest BCUT2D eigenvalue weighted by molar-refractivity contribution is 0.659. The summed E-state index contributed by atoms with van der Waals surface area (Å²) >= 11 is 0. The molecule has 0 bridgehead atoms. The maximum absolute atomic E-state index is 4.85. The SMILES string of the molecule is CC(C)c1nc2c(n1C)CCN(c1ncnc3nc[nH]c13)C2. The molecule has 4 rings (SSSR count). The fourth-order valence-corrected chi connectivity index (χ4v) is 3.24. The molecule has 4 heterocycles. The van der Waals surface area contributed by atoms with Crippen molar-refractivity contribution >= 4 is 17.0 Å². The quantitative estimate of drug-likeness (QED) is 0.780. The van der Waals surface area contributed by atoms with Crippen LogP contribution in [-0.4, -0.2) is 36.0 Å². The van der Waals surface area contributed by atoms with Crippen molar-refractivity contribution in [3.63, 3.8) is 0 Å². The molecule has 0 aromatic carbocycles. The first-order valence-electron chi connectivity index (χ1n) is 7.58. The molecule has 1 aliphatic heterocycles. The summed E-state index contributed by atoms with van der Waals surface area (Å²) in [6.07, 6.45) is 4.22. The smallest absolute Gasteiger partial charge is 0.182 e. The predicted molar refractivity (Wildman–Crippen MR) is 83.7 cm³/mol. The molecule has 0 atom stereocenters. The van der Waals surface area contributed by atoms with E-state index in [1.165, 1.54) is 5.69 Å². The minimum absolute atomic E-state index is 0.433. The van der Waals surface area contributed by atoms with E-state index in [9.17, 15) is 0 Å². The standard InChI is InChI=1S/C15H19N7/c1-9(2)14-20-10-6-22(5-4-11(10)21(14)3)15-12-13(17-7-16-12)18-8-19-15/h7-9H,4-6H2,1-3H3,(H,16,17,18,19). The zero-order chi connectivity index (χ0) is 15.3. The molecule has 0 aliphatic carbocycles. The predicted octanol–water partition coefficient (Wildman–Crippen LogP) is 1.77. The third-order valence-electron chi connectivity index (χ3n) is 4.31. The fraction of sp³-hybridized carbons (Fsp3) is 0.467. The van der Waals surface area contributed by atoms with Crippen LogP contribution >= 0.6 is 0 Å². The van der Waals surface area contributed by atoms with Crippen LogP contribution < -0.4 is 4.90 Å². The second kappa shape index (κ2) is 4.79. The molecule has 1 N–H and O–H groups in total. The van der Waals surface area contributed by atoms with E-state index < -0.39 is 0 Å². The van der Waals surface area contributed by atoms with Crippen LogP contribution in [0.15, 0.2) is 12.7 Å². The van der Waals surface area contributed by atoms with Gasteiger partial charge < -0.3 is 14.5 Å². The van der Waals surface area contributed by atoms with E-state index in [1.807, 2.05) is 0 Å². The van der Waals surface area contributed by atoms with Crippen molar-refractivity contribution in [2.75, 3.05) is 11.4 Å². The van der Waals surface area contributed by atoms with E-state index in [-0.39, 0.29) is 0 Å². The molecule has 0 unspecified atom stereocenters. The molecule has 3 aromatic heterocycles. The minimum atomic E-state index is 0.433. The Kier molecular flexibility index (Phi) is 2.88. The van der Waals surface area contributed by atoms with Gasteiger partial charge in [-0.05, 0) is 0 Å². The molecule has 0 spiro atoms. The fourth-order valence-electron chi connectivity index (χ4n) is 3.24. The molecule has 114 valence electrons. The van der Waals surface area contributed by atoms with E-state index >= 15 is 0 Å². The molecule has 7 heteroatoms. The summed E-state index contributed by atoms with van der Waals surface area (Å²) in [4.78, 5) is 23.1. The van der Waals surface area contributed by atoms with Crippen molar-refractivity contribution in [1.82, 2.24) is 29.5 Å². The van der Waals surface area contributed by atoms with E-state index in [4.69, 9.17) is 4.98 Å². The number of nitrogens with one attached hydrogen (secondary N) is 1. The van der Waals surface area contributed by atoms with Gasteiger partial charge in [-0.15, -0.1) is 0 Å². The summed E-state index contributed by atoms with van der Waals surface area (Å²) in [6.45, 7) is 6.07. The van der Waals surface area contributed by atoms with Crippen LogP contribution in [0.5, 0.6) is 0 Å². The lowest BCUT2D eigenvalue weighted by Crippen LogP contribution is -2.32. The highest BCUT2D eigenvalue weighted by Gasteiger charge is 2.25. The zero-order valence-electron chi connectivity index (χ0n) is 13.0. The van der Waals surface area contributed by atoms with Gasteiger partial charge >= 0.3 is 0 Å². The Morgan fingerprint density at radius 3 is 2.91 bits per heavy atom. The third kappa shape index (κ3) is 1.88. The van der Waals surface area contributed by atoms with Crippen molar-refractivity contribution in [2.24, 2.45) is 7.05 Å². The van der Waals surface area contributed by atoms with Gasteiger partial charge in [-0.2, -0.15) is 0 Å². The van der Waals surface area contributed by atoms with Gasteiger partial charge in [0, 0.05) is 31.6 Å². The summed E-state index contributed by atoms with van der Waals surface area (Å²) in [5.74, 6) is 2.49. The lowest BCUT2D eigenvalue weighted by Gasteiger charge is -2.27. The first-order valence-corrected chi connectivity index (χ1v) is 7.58. The van der Waals surface area contributed by atoms with Crippen molar-refractivity contribution in [1.29, 1.82) is 0 Å². The highest BCUT2D eigenvalue weighted by Crippen LogP contribution is 2.28. The molecule has 22 heavy (non-hydrogen) atoms. The number of aromatic amines is 1. The average Bonchev–Trinajstić information content (AvgIpc) is 3.11. The van der Waals surface area contributed by atoms with Crippen LogP contribution in [0.25, 0.3) is 11.2 Å². The molecular formula is C15H19N7. The van der Waals surface area contributed by atoms with Crippen molar-refractivity contribution < 1.29 is 0 Å². The van der Waals surface area contributed by atoms with Crippen LogP contribution in [0.1, 0.15) is 37.0 Å². The maximum Gasteiger partial charge on any atom is 0.182 e. The van der Waals surface area contributed by atoms with Crippen LogP contribution in [0.4, 0.5) is 5.82 Å². The highest BCUT2D eigenvalue weighted by atomic mass is 15.2. The number of aromatic nitrogens is 6. The highest BCUT2D eigenvalue weighted by molar-refractivity contribution is 5.82. The normalized spacial score (nSPS) is 14.8. The second-order valence-corrected chi connectivity index (χ2v) is 6.05. The Morgan fingerprint density at radius 1 is 1.23 bits per heavy atom. The molecule has 0 fully saturated rings. The Morgan fingerprint density at radius 2 is 2.09 bits per heavy atom. The molecule has 3 aromatic rings. The number of rotatable bonds is 2. The van der Waals surface area contributed by atoms with Gasteiger partial charge in [0.25, 0.3) is 0 Å². The molecule has 0 saturated heterocycles. The Bertz CT molecular complexity index is 830. The molecule has 0 amide bonds. The van der Waals surface area contributed by atoms with Gasteiger partial charge in [0.15, 0.2) is 11.5 Å². The van der Waals surface area contributed by atoms with Crippen molar-refractivity contribution in [2.45, 2.75) is 32.7 Å². The van der Waals surface area contributed by atoms with Gasteiger partial charge in [0.05, 0.1) is 18.6 Å². The average molecular weight is 297 g/mol. The van der Waals surface area contributed by atoms with Gasteiger partial charge in [-0.3, -0.25) is 0 Å². The second-order valence-electron chi connectivity index (χ2n) is 6.05. The summed E-state index contributed by atoms with van der Waals surface area (Å²) < 4.78 is 2.25. The Balaban J connectivity index is 1.73. The van der Waals surface area contributed by atoms with Crippen LogP contribution in [0.2, 0.25) is 0 Å².